The number of benzene rings is 1. The van der Waals surface area contributed by atoms with Crippen molar-refractivity contribution in [2.45, 2.75) is 45.7 Å². The van der Waals surface area contributed by atoms with E-state index < -0.39 is 29.9 Å². The van der Waals surface area contributed by atoms with Crippen LogP contribution in [0.4, 0.5) is 13.2 Å². The number of amides is 1. The minimum atomic E-state index is -4.76. The van der Waals surface area contributed by atoms with Gasteiger partial charge in [0.25, 0.3) is 5.91 Å². The van der Waals surface area contributed by atoms with Crippen LogP contribution in [0.15, 0.2) is 30.3 Å². The van der Waals surface area contributed by atoms with Gasteiger partial charge in [0.05, 0.1) is 0 Å². The number of alkyl halides is 3. The van der Waals surface area contributed by atoms with Gasteiger partial charge in [-0.15, -0.1) is 13.2 Å². The van der Waals surface area contributed by atoms with Crippen LogP contribution in [0.3, 0.4) is 0 Å². The molecule has 1 atom stereocenters. The zero-order valence-corrected chi connectivity index (χ0v) is 14.3. The molecule has 0 aromatic heterocycles. The highest BCUT2D eigenvalue weighted by Gasteiger charge is 2.30. The molecule has 1 amide bonds. The molecular weight excluding hydrogens is 339 g/mol. The first-order valence-electron chi connectivity index (χ1n) is 7.42. The summed E-state index contributed by atoms with van der Waals surface area (Å²) in [7, 11) is 0. The SMILES string of the molecule is C[C@@H](OC(=O)/C=C/c1ccc(OC(F)(F)F)cc1)C(=O)NC(C)(C)C. The Bertz CT molecular complexity index is 631. The average Bonchev–Trinajstić information content (AvgIpc) is 2.43. The van der Waals surface area contributed by atoms with Crippen molar-refractivity contribution in [2.75, 3.05) is 0 Å². The van der Waals surface area contributed by atoms with Gasteiger partial charge < -0.3 is 14.8 Å². The molecule has 8 heteroatoms. The van der Waals surface area contributed by atoms with E-state index in [1.54, 1.807) is 20.8 Å². The number of hydrogen-bond donors (Lipinski definition) is 1. The first-order valence-corrected chi connectivity index (χ1v) is 7.42. The van der Waals surface area contributed by atoms with E-state index in [0.29, 0.717) is 5.56 Å². The smallest absolute Gasteiger partial charge is 0.449 e. The van der Waals surface area contributed by atoms with E-state index in [9.17, 15) is 22.8 Å². The summed E-state index contributed by atoms with van der Waals surface area (Å²) in [5, 5.41) is 2.68. The molecule has 1 aromatic carbocycles. The Kier molecular flexibility index (Phi) is 6.61. The monoisotopic (exact) mass is 359 g/mol. The first-order chi connectivity index (χ1) is 11.4. The van der Waals surface area contributed by atoms with Crippen LogP contribution in [0.1, 0.15) is 33.3 Å². The van der Waals surface area contributed by atoms with Crippen LogP contribution in [0.25, 0.3) is 6.08 Å². The number of rotatable bonds is 5. The molecule has 0 fully saturated rings. The topological polar surface area (TPSA) is 64.6 Å². The third-order valence-corrected chi connectivity index (χ3v) is 2.69. The molecule has 0 saturated carbocycles. The Balaban J connectivity index is 2.57. The van der Waals surface area contributed by atoms with E-state index in [1.807, 2.05) is 0 Å². The highest BCUT2D eigenvalue weighted by Crippen LogP contribution is 2.22. The van der Waals surface area contributed by atoms with Crippen molar-refractivity contribution in [3.63, 3.8) is 0 Å². The summed E-state index contributed by atoms with van der Waals surface area (Å²) in [5.74, 6) is -1.53. The standard InChI is InChI=1S/C17H20F3NO4/c1-11(15(23)21-16(2,3)4)24-14(22)10-7-12-5-8-13(9-6-12)25-17(18,19)20/h5-11H,1-4H3,(H,21,23)/b10-7+/t11-/m1/s1. The van der Waals surface area contributed by atoms with Gasteiger partial charge in [-0.05, 0) is 51.5 Å². The molecule has 0 aliphatic heterocycles. The summed E-state index contributed by atoms with van der Waals surface area (Å²) in [6.07, 6.45) is -3.29. The fourth-order valence-corrected chi connectivity index (χ4v) is 1.68. The Morgan fingerprint density at radius 3 is 2.16 bits per heavy atom. The average molecular weight is 359 g/mol. The quantitative estimate of drug-likeness (QED) is 0.646. The molecule has 138 valence electrons. The predicted molar refractivity (Wildman–Crippen MR) is 85.6 cm³/mol. The highest BCUT2D eigenvalue weighted by molar-refractivity contribution is 5.90. The van der Waals surface area contributed by atoms with Crippen molar-refractivity contribution in [3.8, 4) is 5.75 Å². The predicted octanol–water partition coefficient (Wildman–Crippen LogP) is 3.44. The molecule has 0 radical (unpaired) electrons. The van der Waals surface area contributed by atoms with Gasteiger partial charge in [0.2, 0.25) is 0 Å². The first kappa shape index (κ1) is 20.5. The fraction of sp³-hybridized carbons (Fsp3) is 0.412. The lowest BCUT2D eigenvalue weighted by molar-refractivity contribution is -0.274. The number of nitrogens with one attached hydrogen (secondary N) is 1. The van der Waals surface area contributed by atoms with Crippen LogP contribution in [0.5, 0.6) is 5.75 Å². The second-order valence-corrected chi connectivity index (χ2v) is 6.27. The fourth-order valence-electron chi connectivity index (χ4n) is 1.68. The second-order valence-electron chi connectivity index (χ2n) is 6.27. The molecule has 0 aliphatic rings. The van der Waals surface area contributed by atoms with Crippen LogP contribution >= 0.6 is 0 Å². The van der Waals surface area contributed by atoms with Crippen molar-refractivity contribution >= 4 is 18.0 Å². The summed E-state index contributed by atoms with van der Waals surface area (Å²) >= 11 is 0. The molecule has 0 saturated heterocycles. The molecule has 0 heterocycles. The van der Waals surface area contributed by atoms with E-state index in [0.717, 1.165) is 18.2 Å². The molecule has 0 unspecified atom stereocenters. The highest BCUT2D eigenvalue weighted by atomic mass is 19.4. The second kappa shape index (κ2) is 8.04. The largest absolute Gasteiger partial charge is 0.573 e. The molecule has 25 heavy (non-hydrogen) atoms. The van der Waals surface area contributed by atoms with Gasteiger partial charge in [0.15, 0.2) is 6.10 Å². The van der Waals surface area contributed by atoms with Gasteiger partial charge in [0.1, 0.15) is 5.75 Å². The summed E-state index contributed by atoms with van der Waals surface area (Å²) in [6.45, 7) is 6.83. The molecule has 0 aliphatic carbocycles. The van der Waals surface area contributed by atoms with Crippen molar-refractivity contribution < 1.29 is 32.2 Å². The third kappa shape index (κ3) is 8.78. The summed E-state index contributed by atoms with van der Waals surface area (Å²) in [6, 6.07) is 4.94. The van der Waals surface area contributed by atoms with Crippen molar-refractivity contribution in [1.29, 1.82) is 0 Å². The van der Waals surface area contributed by atoms with Crippen LogP contribution in [0, 0.1) is 0 Å². The maximum Gasteiger partial charge on any atom is 0.573 e. The van der Waals surface area contributed by atoms with Gasteiger partial charge in [-0.3, -0.25) is 4.79 Å². The van der Waals surface area contributed by atoms with Crippen LogP contribution in [-0.2, 0) is 14.3 Å². The molecule has 5 nitrogen and oxygen atoms in total. The maximum absolute atomic E-state index is 12.1. The maximum atomic E-state index is 12.1. The van der Waals surface area contributed by atoms with E-state index in [-0.39, 0.29) is 5.75 Å². The summed E-state index contributed by atoms with van der Waals surface area (Å²) in [4.78, 5) is 23.5. The number of esters is 1. The lowest BCUT2D eigenvalue weighted by atomic mass is 10.1. The Morgan fingerprint density at radius 2 is 1.68 bits per heavy atom. The van der Waals surface area contributed by atoms with E-state index in [1.165, 1.54) is 25.1 Å². The Labute approximate surface area is 143 Å². The third-order valence-electron chi connectivity index (χ3n) is 2.69. The lowest BCUT2D eigenvalue weighted by Crippen LogP contribution is -2.46. The van der Waals surface area contributed by atoms with E-state index >= 15 is 0 Å². The van der Waals surface area contributed by atoms with Gasteiger partial charge in [0, 0.05) is 11.6 Å². The zero-order valence-electron chi connectivity index (χ0n) is 14.3. The normalized spacial score (nSPS) is 13.4. The van der Waals surface area contributed by atoms with Crippen molar-refractivity contribution in [2.24, 2.45) is 0 Å². The Hall–Kier alpha value is -2.51. The minimum absolute atomic E-state index is 0.361. The van der Waals surface area contributed by atoms with E-state index in [4.69, 9.17) is 4.74 Å². The van der Waals surface area contributed by atoms with Gasteiger partial charge >= 0.3 is 12.3 Å². The van der Waals surface area contributed by atoms with Gasteiger partial charge in [-0.1, -0.05) is 12.1 Å². The molecule has 1 N–H and O–H groups in total. The molecule has 1 rings (SSSR count). The number of carbonyl (C=O) groups excluding carboxylic acids is 2. The van der Waals surface area contributed by atoms with Gasteiger partial charge in [-0.2, -0.15) is 0 Å². The van der Waals surface area contributed by atoms with Gasteiger partial charge in [-0.25, -0.2) is 4.79 Å². The summed E-state index contributed by atoms with van der Waals surface area (Å²) < 4.78 is 44.9. The lowest BCUT2D eigenvalue weighted by Gasteiger charge is -2.22. The number of hydrogen-bond acceptors (Lipinski definition) is 4. The molecule has 1 aromatic rings. The van der Waals surface area contributed by atoms with Crippen LogP contribution in [-0.4, -0.2) is 29.9 Å². The summed E-state index contributed by atoms with van der Waals surface area (Å²) in [5.41, 5.74) is 0.0200. The number of halogens is 3. The zero-order chi connectivity index (χ0) is 19.3. The number of ether oxygens (including phenoxy) is 2. The number of carbonyl (C=O) groups is 2. The molecule has 0 spiro atoms. The Morgan fingerprint density at radius 1 is 1.12 bits per heavy atom. The van der Waals surface area contributed by atoms with E-state index in [2.05, 4.69) is 10.1 Å². The van der Waals surface area contributed by atoms with Crippen LogP contribution < -0.4 is 10.1 Å². The minimum Gasteiger partial charge on any atom is -0.449 e. The molecule has 0 bridgehead atoms. The van der Waals surface area contributed by atoms with Crippen molar-refractivity contribution in [1.82, 2.24) is 5.32 Å². The van der Waals surface area contributed by atoms with Crippen LogP contribution in [0.2, 0.25) is 0 Å². The molecular formula is C17H20F3NO4. The van der Waals surface area contributed by atoms with Crippen molar-refractivity contribution in [3.05, 3.63) is 35.9 Å².